The molecule has 2 nitrogen and oxygen atoms in total. The fourth-order valence-corrected chi connectivity index (χ4v) is 0.598. The standard InChI is InChI=1S/C6H7FN2.Al.3H/c1-2-6-5(7)3-8-4-9-6;;;;/h3-4H,2H2,1H3;;;;. The van der Waals surface area contributed by atoms with E-state index in [0.717, 1.165) is 0 Å². The van der Waals surface area contributed by atoms with Crippen molar-refractivity contribution >= 4 is 17.4 Å². The summed E-state index contributed by atoms with van der Waals surface area (Å²) in [6.45, 7) is 1.85. The lowest BCUT2D eigenvalue weighted by atomic mass is 10.3. The minimum atomic E-state index is -0.319. The van der Waals surface area contributed by atoms with Crippen molar-refractivity contribution in [2.45, 2.75) is 13.3 Å². The van der Waals surface area contributed by atoms with E-state index in [2.05, 4.69) is 9.97 Å². The minimum absolute atomic E-state index is 0. The Bertz CT molecular complexity index is 205. The van der Waals surface area contributed by atoms with Crippen molar-refractivity contribution < 1.29 is 4.39 Å². The minimum Gasteiger partial charge on any atom is -0.242 e. The molecule has 0 N–H and O–H groups in total. The monoisotopic (exact) mass is 156 g/mol. The zero-order valence-corrected chi connectivity index (χ0v) is 5.13. The van der Waals surface area contributed by atoms with Crippen LogP contribution >= 0.6 is 0 Å². The molecule has 4 heteroatoms. The van der Waals surface area contributed by atoms with Crippen molar-refractivity contribution in [2.24, 2.45) is 0 Å². The molecule has 0 saturated heterocycles. The quantitative estimate of drug-likeness (QED) is 0.534. The van der Waals surface area contributed by atoms with Crippen LogP contribution in [0.25, 0.3) is 0 Å². The van der Waals surface area contributed by atoms with E-state index in [4.69, 9.17) is 0 Å². The summed E-state index contributed by atoms with van der Waals surface area (Å²) < 4.78 is 12.5. The number of hydrogen-bond donors (Lipinski definition) is 0. The van der Waals surface area contributed by atoms with Gasteiger partial charge in [0.2, 0.25) is 0 Å². The van der Waals surface area contributed by atoms with Gasteiger partial charge >= 0.3 is 0 Å². The van der Waals surface area contributed by atoms with Gasteiger partial charge in [-0.2, -0.15) is 0 Å². The van der Waals surface area contributed by atoms with Crippen molar-refractivity contribution in [1.29, 1.82) is 0 Å². The molecule has 0 amide bonds. The van der Waals surface area contributed by atoms with E-state index in [1.165, 1.54) is 12.5 Å². The van der Waals surface area contributed by atoms with Crippen molar-refractivity contribution in [3.8, 4) is 0 Å². The third-order valence-corrected chi connectivity index (χ3v) is 1.08. The molecular formula is C6H10AlFN2. The molecule has 0 aliphatic heterocycles. The summed E-state index contributed by atoms with van der Waals surface area (Å²) in [4.78, 5) is 7.22. The average Bonchev–Trinajstić information content (AvgIpc) is 1.89. The SMILES string of the molecule is CCc1ncncc1F.[AlH3]. The number of aryl methyl sites for hydroxylation is 1. The van der Waals surface area contributed by atoms with Crippen LogP contribution in [0.4, 0.5) is 4.39 Å². The molecule has 0 atom stereocenters. The van der Waals surface area contributed by atoms with Gasteiger partial charge in [-0.05, 0) is 6.42 Å². The summed E-state index contributed by atoms with van der Waals surface area (Å²) in [5, 5.41) is 0. The molecule has 0 aliphatic rings. The number of nitrogens with zero attached hydrogens (tertiary/aromatic N) is 2. The lowest BCUT2D eigenvalue weighted by molar-refractivity contribution is 0.593. The highest BCUT2D eigenvalue weighted by Crippen LogP contribution is 1.99. The van der Waals surface area contributed by atoms with Crippen molar-refractivity contribution in [3.05, 3.63) is 24.0 Å². The molecular weight excluding hydrogens is 146 g/mol. The first kappa shape index (κ1) is 9.54. The second-order valence-electron chi connectivity index (χ2n) is 1.67. The van der Waals surface area contributed by atoms with Crippen LogP contribution < -0.4 is 0 Å². The van der Waals surface area contributed by atoms with Crippen molar-refractivity contribution in [3.63, 3.8) is 0 Å². The normalized spacial score (nSPS) is 8.60. The lowest BCUT2D eigenvalue weighted by Gasteiger charge is -1.92. The zero-order chi connectivity index (χ0) is 6.69. The van der Waals surface area contributed by atoms with Gasteiger partial charge < -0.3 is 0 Å². The zero-order valence-electron chi connectivity index (χ0n) is 5.13. The molecule has 1 aromatic rings. The maximum Gasteiger partial charge on any atom is 0.187 e. The van der Waals surface area contributed by atoms with E-state index in [1.54, 1.807) is 0 Å². The Morgan fingerprint density at radius 1 is 1.60 bits per heavy atom. The lowest BCUT2D eigenvalue weighted by Crippen LogP contribution is -1.92. The van der Waals surface area contributed by atoms with Crippen LogP contribution in [0, 0.1) is 5.82 Å². The maximum absolute atomic E-state index is 12.5. The Kier molecular flexibility index (Phi) is 4.17. The maximum atomic E-state index is 12.5. The summed E-state index contributed by atoms with van der Waals surface area (Å²) in [5.41, 5.74) is 0.477. The van der Waals surface area contributed by atoms with Crippen LogP contribution in [0.1, 0.15) is 12.6 Å². The number of aromatic nitrogens is 2. The molecule has 0 saturated carbocycles. The van der Waals surface area contributed by atoms with Gasteiger partial charge in [0.1, 0.15) is 6.33 Å². The highest BCUT2D eigenvalue weighted by atomic mass is 27.0. The Hall–Kier alpha value is -0.458. The van der Waals surface area contributed by atoms with E-state index in [9.17, 15) is 4.39 Å². The molecule has 1 aromatic heterocycles. The van der Waals surface area contributed by atoms with Crippen LogP contribution in [0.5, 0.6) is 0 Å². The van der Waals surface area contributed by atoms with Gasteiger partial charge in [0.15, 0.2) is 23.2 Å². The van der Waals surface area contributed by atoms with Gasteiger partial charge in [-0.1, -0.05) is 6.92 Å². The van der Waals surface area contributed by atoms with Gasteiger partial charge in [0, 0.05) is 0 Å². The molecule has 1 heterocycles. The van der Waals surface area contributed by atoms with E-state index in [-0.39, 0.29) is 23.2 Å². The second kappa shape index (κ2) is 4.37. The first-order chi connectivity index (χ1) is 4.34. The van der Waals surface area contributed by atoms with Gasteiger partial charge in [-0.25, -0.2) is 14.4 Å². The Labute approximate surface area is 69.6 Å². The summed E-state index contributed by atoms with van der Waals surface area (Å²) in [7, 11) is 0. The van der Waals surface area contributed by atoms with E-state index < -0.39 is 0 Å². The Morgan fingerprint density at radius 3 is 2.70 bits per heavy atom. The van der Waals surface area contributed by atoms with Gasteiger partial charge in [-0.3, -0.25) is 0 Å². The van der Waals surface area contributed by atoms with E-state index >= 15 is 0 Å². The fourth-order valence-electron chi connectivity index (χ4n) is 0.598. The summed E-state index contributed by atoms with van der Waals surface area (Å²) >= 11 is 0. The molecule has 0 spiro atoms. The van der Waals surface area contributed by atoms with E-state index in [0.29, 0.717) is 12.1 Å². The largest absolute Gasteiger partial charge is 0.242 e. The van der Waals surface area contributed by atoms with Crippen molar-refractivity contribution in [1.82, 2.24) is 9.97 Å². The summed E-state index contributed by atoms with van der Waals surface area (Å²) in [6, 6.07) is 0. The molecule has 54 valence electrons. The average molecular weight is 156 g/mol. The van der Waals surface area contributed by atoms with Crippen LogP contribution in [0.2, 0.25) is 0 Å². The smallest absolute Gasteiger partial charge is 0.187 e. The number of halogens is 1. The predicted molar refractivity (Wildman–Crippen MR) is 41.3 cm³/mol. The van der Waals surface area contributed by atoms with E-state index in [1.807, 2.05) is 6.92 Å². The van der Waals surface area contributed by atoms with Crippen LogP contribution in [-0.4, -0.2) is 27.3 Å². The van der Waals surface area contributed by atoms with Crippen LogP contribution in [0.15, 0.2) is 12.5 Å². The number of rotatable bonds is 1. The number of hydrogen-bond acceptors (Lipinski definition) is 2. The molecule has 0 bridgehead atoms. The third kappa shape index (κ3) is 2.05. The van der Waals surface area contributed by atoms with Gasteiger partial charge in [-0.15, -0.1) is 0 Å². The summed E-state index contributed by atoms with van der Waals surface area (Å²) in [6.07, 6.45) is 3.14. The molecule has 0 unspecified atom stereocenters. The third-order valence-electron chi connectivity index (χ3n) is 1.08. The molecule has 0 aliphatic carbocycles. The second-order valence-corrected chi connectivity index (χ2v) is 1.67. The first-order valence-corrected chi connectivity index (χ1v) is 2.79. The van der Waals surface area contributed by atoms with Crippen molar-refractivity contribution in [2.75, 3.05) is 0 Å². The molecule has 0 radical (unpaired) electrons. The van der Waals surface area contributed by atoms with Crippen LogP contribution in [-0.2, 0) is 6.42 Å². The fraction of sp³-hybridized carbons (Fsp3) is 0.333. The molecule has 1 rings (SSSR count). The molecule has 0 aromatic carbocycles. The Morgan fingerprint density at radius 2 is 2.30 bits per heavy atom. The highest BCUT2D eigenvalue weighted by molar-refractivity contribution is 5.75. The molecule has 0 fully saturated rings. The Balaban J connectivity index is 0.000000810. The van der Waals surface area contributed by atoms with Crippen LogP contribution in [0.3, 0.4) is 0 Å². The van der Waals surface area contributed by atoms with Gasteiger partial charge in [0.25, 0.3) is 0 Å². The molecule has 10 heavy (non-hydrogen) atoms. The highest BCUT2D eigenvalue weighted by Gasteiger charge is 1.96. The summed E-state index contributed by atoms with van der Waals surface area (Å²) in [5.74, 6) is -0.319. The topological polar surface area (TPSA) is 25.8 Å². The first-order valence-electron chi connectivity index (χ1n) is 2.79. The van der Waals surface area contributed by atoms with Gasteiger partial charge in [0.05, 0.1) is 11.9 Å². The predicted octanol–water partition coefficient (Wildman–Crippen LogP) is -0.00580.